The summed E-state index contributed by atoms with van der Waals surface area (Å²) in [5.74, 6) is -2.57. The minimum absolute atomic E-state index is 0. The number of aromatic nitrogens is 3. The maximum atomic E-state index is 14.2. The summed E-state index contributed by atoms with van der Waals surface area (Å²) in [6.45, 7) is 4.65. The largest absolute Gasteiger partial charge is 0.405 e. The van der Waals surface area contributed by atoms with Crippen molar-refractivity contribution in [1.29, 1.82) is 0 Å². The molecule has 0 radical (unpaired) electrons. The van der Waals surface area contributed by atoms with Crippen LogP contribution in [0.4, 0.5) is 23.4 Å². The topological polar surface area (TPSA) is 112 Å². The molecule has 0 fully saturated rings. The van der Waals surface area contributed by atoms with Crippen molar-refractivity contribution in [2.75, 3.05) is 11.9 Å². The zero-order valence-corrected chi connectivity index (χ0v) is 16.7. The Balaban J connectivity index is -0.00000240. The Morgan fingerprint density at radius 2 is 1.93 bits per heavy atom. The Morgan fingerprint density at radius 3 is 2.53 bits per heavy atom. The van der Waals surface area contributed by atoms with Crippen molar-refractivity contribution in [3.8, 4) is 11.4 Å². The highest BCUT2D eigenvalue weighted by Gasteiger charge is 2.34. The van der Waals surface area contributed by atoms with Gasteiger partial charge in [0.25, 0.3) is 5.91 Å². The molecule has 0 bridgehead atoms. The molecule has 2 rings (SSSR count). The van der Waals surface area contributed by atoms with Crippen LogP contribution in [0, 0.1) is 5.82 Å². The van der Waals surface area contributed by atoms with Crippen LogP contribution < -0.4 is 16.0 Å². The molecule has 2 aromatic heterocycles. The smallest absolute Gasteiger partial charge is 0.356 e. The van der Waals surface area contributed by atoms with Gasteiger partial charge in [0.05, 0.1) is 6.20 Å². The summed E-state index contributed by atoms with van der Waals surface area (Å²) in [4.78, 5) is 34.7. The number of hydrogen-bond donors (Lipinski definition) is 4. The predicted octanol–water partition coefficient (Wildman–Crippen LogP) is 3.60. The van der Waals surface area contributed by atoms with Crippen LogP contribution >= 0.6 is 0 Å². The van der Waals surface area contributed by atoms with Crippen molar-refractivity contribution in [3.05, 3.63) is 30.0 Å². The highest BCUT2D eigenvalue weighted by atomic mass is 19.4. The fourth-order valence-corrected chi connectivity index (χ4v) is 2.34. The lowest BCUT2D eigenvalue weighted by molar-refractivity contribution is -0.140. The van der Waals surface area contributed by atoms with Gasteiger partial charge in [0, 0.05) is 23.5 Å². The molecular weight excluding hydrogens is 408 g/mol. The molecule has 0 aromatic carbocycles. The number of amides is 2. The summed E-state index contributed by atoms with van der Waals surface area (Å²) in [6.07, 6.45) is -2.27. The zero-order valence-electron chi connectivity index (χ0n) is 16.7. The summed E-state index contributed by atoms with van der Waals surface area (Å²) < 4.78 is 51.1. The summed E-state index contributed by atoms with van der Waals surface area (Å²) in [7, 11) is 0. The molecule has 8 nitrogen and oxygen atoms in total. The van der Waals surface area contributed by atoms with Gasteiger partial charge in [0.15, 0.2) is 17.5 Å². The van der Waals surface area contributed by atoms with Crippen molar-refractivity contribution in [2.45, 2.75) is 45.5 Å². The third-order valence-corrected chi connectivity index (χ3v) is 3.80. The second-order valence-electron chi connectivity index (χ2n) is 7.37. The van der Waals surface area contributed by atoms with E-state index in [9.17, 15) is 27.2 Å². The third-order valence-electron chi connectivity index (χ3n) is 3.80. The molecule has 2 amide bonds. The van der Waals surface area contributed by atoms with Crippen LogP contribution in [-0.4, -0.2) is 51.1 Å². The normalized spacial score (nSPS) is 12.0. The lowest BCUT2D eigenvalue weighted by Crippen LogP contribution is -2.50. The Bertz CT molecular complexity index is 941. The molecule has 4 N–H and O–H groups in total. The van der Waals surface area contributed by atoms with Crippen molar-refractivity contribution >= 4 is 17.6 Å². The van der Waals surface area contributed by atoms with Crippen LogP contribution in [0.2, 0.25) is 0 Å². The first-order valence-electron chi connectivity index (χ1n) is 8.94. The van der Waals surface area contributed by atoms with Crippen LogP contribution in [0.3, 0.4) is 0 Å². The number of carbonyl (C=O) groups excluding carboxylic acids is 2. The number of nitrogens with zero attached hydrogens (tertiary/aromatic N) is 2. The Labute approximate surface area is 175 Å². The first-order valence-corrected chi connectivity index (χ1v) is 8.94. The van der Waals surface area contributed by atoms with E-state index in [2.05, 4.69) is 25.6 Å². The SMILES string of the molecule is CC(C)NC(=O)c1cc(-c2ncc(F)c(NC(C)(C)C(=O)NCC(F)(F)F)n2)c[nH]1.[HH].[HH].[HH].[HH]. The van der Waals surface area contributed by atoms with Gasteiger partial charge in [-0.25, -0.2) is 14.4 Å². The predicted molar refractivity (Wildman–Crippen MR) is 110 cm³/mol. The zero-order chi connectivity index (χ0) is 22.7. The first kappa shape index (κ1) is 23.1. The van der Waals surface area contributed by atoms with Gasteiger partial charge in [0.1, 0.15) is 17.8 Å². The van der Waals surface area contributed by atoms with Gasteiger partial charge < -0.3 is 20.9 Å². The first-order chi connectivity index (χ1) is 13.8. The monoisotopic (exact) mass is 438 g/mol. The molecule has 12 heteroatoms. The summed E-state index contributed by atoms with van der Waals surface area (Å²) in [5.41, 5.74) is -0.975. The standard InChI is InChI=1S/C18H22F4N6O2.4H2/c1-9(2)26-15(29)12-5-10(6-23-12)13-24-7-11(19)14(27-13)28-17(3,4)16(30)25-8-18(20,21)22;;;;/h5-7,9,23H,8H2,1-4H3,(H,25,30)(H,26,29)(H,24,27,28);4*1H. The minimum atomic E-state index is -4.58. The van der Waals surface area contributed by atoms with Gasteiger partial charge in [-0.15, -0.1) is 0 Å². The molecule has 30 heavy (non-hydrogen) atoms. The molecule has 0 spiro atoms. The van der Waals surface area contributed by atoms with Crippen molar-refractivity contribution in [2.24, 2.45) is 0 Å². The molecule has 0 aliphatic carbocycles. The van der Waals surface area contributed by atoms with Crippen molar-refractivity contribution < 1.29 is 32.9 Å². The van der Waals surface area contributed by atoms with Crippen LogP contribution in [0.25, 0.3) is 11.4 Å². The molecule has 0 saturated heterocycles. The van der Waals surface area contributed by atoms with Gasteiger partial charge in [-0.3, -0.25) is 9.59 Å². The van der Waals surface area contributed by atoms with E-state index in [1.807, 2.05) is 0 Å². The minimum Gasteiger partial charge on any atom is -0.356 e. The number of anilines is 1. The molecule has 0 saturated carbocycles. The van der Waals surface area contributed by atoms with E-state index < -0.39 is 30.0 Å². The average molecular weight is 438 g/mol. The number of halogens is 4. The van der Waals surface area contributed by atoms with Gasteiger partial charge in [0.2, 0.25) is 5.91 Å². The number of carbonyl (C=O) groups is 2. The van der Waals surface area contributed by atoms with E-state index >= 15 is 0 Å². The van der Waals surface area contributed by atoms with E-state index in [1.54, 1.807) is 19.2 Å². The second-order valence-corrected chi connectivity index (χ2v) is 7.37. The van der Waals surface area contributed by atoms with Crippen molar-refractivity contribution in [1.82, 2.24) is 25.6 Å². The lowest BCUT2D eigenvalue weighted by Gasteiger charge is -2.26. The highest BCUT2D eigenvalue weighted by molar-refractivity contribution is 5.94. The maximum Gasteiger partial charge on any atom is 0.405 e. The summed E-state index contributed by atoms with van der Waals surface area (Å²) in [5, 5.41) is 6.93. The summed E-state index contributed by atoms with van der Waals surface area (Å²) >= 11 is 0. The molecule has 0 aliphatic heterocycles. The Morgan fingerprint density at radius 1 is 1.27 bits per heavy atom. The van der Waals surface area contributed by atoms with E-state index in [0.717, 1.165) is 6.20 Å². The lowest BCUT2D eigenvalue weighted by atomic mass is 10.0. The van der Waals surface area contributed by atoms with E-state index in [0.29, 0.717) is 5.56 Å². The molecular formula is C18H30F4N6O2. The number of rotatable bonds is 7. The number of hydrogen-bond acceptors (Lipinski definition) is 5. The van der Waals surface area contributed by atoms with Gasteiger partial charge in [-0.1, -0.05) is 0 Å². The average Bonchev–Trinajstić information content (AvgIpc) is 3.10. The number of nitrogens with one attached hydrogen (secondary N) is 4. The molecule has 0 aliphatic rings. The number of aromatic amines is 1. The fraction of sp³-hybridized carbons (Fsp3) is 0.444. The van der Waals surface area contributed by atoms with Crippen LogP contribution in [0.15, 0.2) is 18.5 Å². The molecule has 0 atom stereocenters. The summed E-state index contributed by atoms with van der Waals surface area (Å²) in [6, 6.07) is 1.39. The molecule has 0 unspecified atom stereocenters. The van der Waals surface area contributed by atoms with Gasteiger partial charge in [-0.05, 0) is 33.8 Å². The van der Waals surface area contributed by atoms with E-state index in [1.165, 1.54) is 26.1 Å². The molecule has 2 heterocycles. The van der Waals surface area contributed by atoms with Crippen LogP contribution in [-0.2, 0) is 4.79 Å². The Hall–Kier alpha value is -3.18. The molecule has 2 aromatic rings. The quantitative estimate of drug-likeness (QED) is 0.494. The maximum absolute atomic E-state index is 14.2. The molecule has 172 valence electrons. The second kappa shape index (κ2) is 8.67. The fourth-order valence-electron chi connectivity index (χ4n) is 2.34. The van der Waals surface area contributed by atoms with E-state index in [-0.39, 0.29) is 35.0 Å². The highest BCUT2D eigenvalue weighted by Crippen LogP contribution is 2.22. The van der Waals surface area contributed by atoms with Crippen LogP contribution in [0.1, 0.15) is 43.9 Å². The number of alkyl halides is 3. The number of H-pyrrole nitrogens is 1. The van der Waals surface area contributed by atoms with Gasteiger partial charge >= 0.3 is 6.18 Å². The van der Waals surface area contributed by atoms with Crippen molar-refractivity contribution in [3.63, 3.8) is 0 Å². The van der Waals surface area contributed by atoms with Crippen LogP contribution in [0.5, 0.6) is 0 Å². The Kier molecular flexibility index (Phi) is 6.68. The van der Waals surface area contributed by atoms with E-state index in [4.69, 9.17) is 0 Å². The third kappa shape index (κ3) is 6.16. The van der Waals surface area contributed by atoms with Gasteiger partial charge in [-0.2, -0.15) is 13.2 Å².